The second-order valence-corrected chi connectivity index (χ2v) is 10.3. The number of ether oxygens (including phenoxy) is 1. The highest BCUT2D eigenvalue weighted by molar-refractivity contribution is 8.02. The highest BCUT2D eigenvalue weighted by Crippen LogP contribution is 2.60. The van der Waals surface area contributed by atoms with Crippen molar-refractivity contribution in [2.75, 3.05) is 22.2 Å². The van der Waals surface area contributed by atoms with Crippen molar-refractivity contribution in [1.29, 1.82) is 0 Å². The number of carbonyl (C=O) groups excluding carboxylic acids is 2. The Labute approximate surface area is 193 Å². The Morgan fingerprint density at radius 1 is 1.06 bits per heavy atom. The maximum Gasteiger partial charge on any atom is 0.269 e. The molecule has 2 aromatic rings. The molecule has 0 radical (unpaired) electrons. The molecular weight excluding hydrogens is 420 g/mol. The van der Waals surface area contributed by atoms with Gasteiger partial charge in [0.15, 0.2) is 0 Å². The number of aryl methyl sites for hydroxylation is 1. The molecule has 0 bridgehead atoms. The molecule has 32 heavy (non-hydrogen) atoms. The normalized spacial score (nSPS) is 23.1. The number of carbonyl (C=O) groups is 2. The summed E-state index contributed by atoms with van der Waals surface area (Å²) in [5, 5.41) is 0. The standard InChI is InChI=1S/C26H28N2O3S/c1-6-17-8-10-18(11-9-17)27-22(29)15-32-26(27)21-13-19(31-7-2)12-20-16(3)14-25(4,5)28(23(20)21)24(26)30/h8-14H,6-7,15H2,1-5H3. The summed E-state index contributed by atoms with van der Waals surface area (Å²) in [6.07, 6.45) is 3.05. The number of benzene rings is 2. The minimum atomic E-state index is -1.13. The zero-order chi connectivity index (χ0) is 22.8. The third kappa shape index (κ3) is 2.71. The number of hydrogen-bond donors (Lipinski definition) is 0. The molecule has 0 N–H and O–H groups in total. The van der Waals surface area contributed by atoms with Gasteiger partial charge >= 0.3 is 0 Å². The summed E-state index contributed by atoms with van der Waals surface area (Å²) < 4.78 is 5.90. The summed E-state index contributed by atoms with van der Waals surface area (Å²) in [4.78, 5) is 30.0. The first-order chi connectivity index (χ1) is 15.2. The molecule has 5 rings (SSSR count). The predicted octanol–water partition coefficient (Wildman–Crippen LogP) is 5.12. The van der Waals surface area contributed by atoms with Gasteiger partial charge < -0.3 is 4.74 Å². The van der Waals surface area contributed by atoms with Gasteiger partial charge in [-0.05, 0) is 69.5 Å². The van der Waals surface area contributed by atoms with Crippen molar-refractivity contribution in [2.45, 2.75) is 51.4 Å². The number of allylic oxidation sites excluding steroid dienone is 1. The van der Waals surface area contributed by atoms with E-state index in [0.29, 0.717) is 6.61 Å². The van der Waals surface area contributed by atoms with E-state index in [4.69, 9.17) is 4.74 Å². The molecule has 1 atom stereocenters. The van der Waals surface area contributed by atoms with Crippen molar-refractivity contribution in [3.05, 3.63) is 59.2 Å². The first-order valence-corrected chi connectivity index (χ1v) is 12.1. The van der Waals surface area contributed by atoms with Crippen molar-refractivity contribution >= 4 is 40.5 Å². The Morgan fingerprint density at radius 2 is 1.78 bits per heavy atom. The molecule has 166 valence electrons. The van der Waals surface area contributed by atoms with Crippen LogP contribution >= 0.6 is 11.8 Å². The van der Waals surface area contributed by atoms with Crippen LogP contribution in [0.3, 0.4) is 0 Å². The molecule has 6 heteroatoms. The van der Waals surface area contributed by atoms with E-state index in [1.807, 2.05) is 48.2 Å². The molecule has 3 aliphatic rings. The SMILES string of the molecule is CCOc1cc2c3c(c1)C1(SCC(=O)N1c1ccc(CC)cc1)C(=O)N3C(C)(C)C=C2C. The van der Waals surface area contributed by atoms with Crippen LogP contribution in [0.5, 0.6) is 5.75 Å². The lowest BCUT2D eigenvalue weighted by Gasteiger charge is -2.40. The average molecular weight is 449 g/mol. The predicted molar refractivity (Wildman–Crippen MR) is 130 cm³/mol. The van der Waals surface area contributed by atoms with Gasteiger partial charge in [-0.2, -0.15) is 0 Å². The Hall–Kier alpha value is -2.73. The zero-order valence-corrected chi connectivity index (χ0v) is 20.0. The van der Waals surface area contributed by atoms with Gasteiger partial charge in [0, 0.05) is 16.8 Å². The molecule has 5 nitrogen and oxygen atoms in total. The second kappa shape index (κ2) is 7.14. The highest BCUT2D eigenvalue weighted by atomic mass is 32.2. The van der Waals surface area contributed by atoms with Crippen LogP contribution in [-0.2, 0) is 20.9 Å². The molecule has 1 saturated heterocycles. The monoisotopic (exact) mass is 448 g/mol. The Morgan fingerprint density at radius 3 is 2.44 bits per heavy atom. The van der Waals surface area contributed by atoms with Crippen LogP contribution in [0.2, 0.25) is 0 Å². The minimum Gasteiger partial charge on any atom is -0.494 e. The Bertz CT molecular complexity index is 1170. The Kier molecular flexibility index (Phi) is 4.71. The fourth-order valence-corrected chi connectivity index (χ4v) is 6.60. The van der Waals surface area contributed by atoms with Gasteiger partial charge in [-0.25, -0.2) is 0 Å². The fourth-order valence-electron chi connectivity index (χ4n) is 5.28. The number of rotatable bonds is 4. The molecule has 3 heterocycles. The van der Waals surface area contributed by atoms with E-state index in [2.05, 4.69) is 33.8 Å². The zero-order valence-electron chi connectivity index (χ0n) is 19.2. The van der Waals surface area contributed by atoms with E-state index < -0.39 is 10.4 Å². The maximum atomic E-state index is 14.3. The van der Waals surface area contributed by atoms with E-state index in [1.54, 1.807) is 4.90 Å². The number of hydrogen-bond acceptors (Lipinski definition) is 4. The van der Waals surface area contributed by atoms with Crippen molar-refractivity contribution in [1.82, 2.24) is 0 Å². The number of nitrogens with zero attached hydrogens (tertiary/aromatic N) is 2. The molecular formula is C26H28N2O3S. The van der Waals surface area contributed by atoms with Crippen molar-refractivity contribution < 1.29 is 14.3 Å². The molecule has 1 fully saturated rings. The smallest absolute Gasteiger partial charge is 0.269 e. The Balaban J connectivity index is 1.78. The molecule has 3 aliphatic heterocycles. The fraction of sp³-hybridized carbons (Fsp3) is 0.385. The minimum absolute atomic E-state index is 0.0505. The first-order valence-electron chi connectivity index (χ1n) is 11.2. The molecule has 1 spiro atoms. The lowest BCUT2D eigenvalue weighted by Crippen LogP contribution is -2.54. The molecule has 2 amide bonds. The van der Waals surface area contributed by atoms with E-state index in [0.717, 1.165) is 40.2 Å². The van der Waals surface area contributed by atoms with Gasteiger partial charge in [0.05, 0.1) is 23.6 Å². The van der Waals surface area contributed by atoms with Gasteiger partial charge in [0.1, 0.15) is 5.75 Å². The lowest BCUT2D eigenvalue weighted by molar-refractivity contribution is -0.124. The largest absolute Gasteiger partial charge is 0.494 e. The van der Waals surface area contributed by atoms with Gasteiger partial charge in [-0.15, -0.1) is 11.8 Å². The summed E-state index contributed by atoms with van der Waals surface area (Å²) in [5.41, 5.74) is 5.31. The summed E-state index contributed by atoms with van der Waals surface area (Å²) in [6.45, 7) is 10.8. The van der Waals surface area contributed by atoms with Crippen molar-refractivity contribution in [3.63, 3.8) is 0 Å². The molecule has 0 saturated carbocycles. The average Bonchev–Trinajstić information content (AvgIpc) is 3.23. The van der Waals surface area contributed by atoms with Crippen LogP contribution in [0.15, 0.2) is 42.5 Å². The third-order valence-electron chi connectivity index (χ3n) is 6.62. The molecule has 0 aliphatic carbocycles. The summed E-state index contributed by atoms with van der Waals surface area (Å²) in [5.74, 6) is 0.872. The maximum absolute atomic E-state index is 14.3. The summed E-state index contributed by atoms with van der Waals surface area (Å²) in [7, 11) is 0. The van der Waals surface area contributed by atoms with Gasteiger partial charge in [0.2, 0.25) is 10.8 Å². The molecule has 0 aromatic heterocycles. The number of amides is 2. The van der Waals surface area contributed by atoms with Crippen molar-refractivity contribution in [2.24, 2.45) is 0 Å². The van der Waals surface area contributed by atoms with E-state index >= 15 is 0 Å². The lowest BCUT2D eigenvalue weighted by atomic mass is 9.89. The highest BCUT2D eigenvalue weighted by Gasteiger charge is 2.64. The van der Waals surface area contributed by atoms with Crippen LogP contribution in [0.1, 0.15) is 51.3 Å². The quantitative estimate of drug-likeness (QED) is 0.651. The van der Waals surface area contributed by atoms with Crippen LogP contribution in [0.4, 0.5) is 11.4 Å². The van der Waals surface area contributed by atoms with Crippen LogP contribution in [0, 0.1) is 0 Å². The van der Waals surface area contributed by atoms with Crippen LogP contribution in [0.25, 0.3) is 5.57 Å². The molecule has 1 unspecified atom stereocenters. The summed E-state index contributed by atoms with van der Waals surface area (Å²) in [6, 6.07) is 12.0. The molecule has 2 aromatic carbocycles. The third-order valence-corrected chi connectivity index (χ3v) is 8.00. The number of anilines is 2. The van der Waals surface area contributed by atoms with Crippen molar-refractivity contribution in [3.8, 4) is 5.75 Å². The first kappa shape index (κ1) is 21.1. The van der Waals surface area contributed by atoms with E-state index in [1.165, 1.54) is 17.3 Å². The van der Waals surface area contributed by atoms with Crippen LogP contribution in [-0.4, -0.2) is 29.7 Å². The van der Waals surface area contributed by atoms with Gasteiger partial charge in [0.25, 0.3) is 5.91 Å². The number of fused-ring (bicyclic) bond motifs is 1. The van der Waals surface area contributed by atoms with Crippen LogP contribution < -0.4 is 14.5 Å². The summed E-state index contributed by atoms with van der Waals surface area (Å²) >= 11 is 1.41. The second-order valence-electron chi connectivity index (χ2n) is 9.10. The van der Waals surface area contributed by atoms with Gasteiger partial charge in [-0.1, -0.05) is 25.1 Å². The van der Waals surface area contributed by atoms with E-state index in [9.17, 15) is 9.59 Å². The number of thioether (sulfide) groups is 1. The topological polar surface area (TPSA) is 49.9 Å². The van der Waals surface area contributed by atoms with Gasteiger partial charge in [-0.3, -0.25) is 19.4 Å². The van der Waals surface area contributed by atoms with E-state index in [-0.39, 0.29) is 17.6 Å².